The number of aromatic nitrogens is 2. The molecule has 0 atom stereocenters. The molecule has 2 nitrogen and oxygen atoms in total. The average molecular weight is 1750 g/mol. The zero-order valence-electron chi connectivity index (χ0n) is 77.7. The molecule has 0 radical (unpaired) electrons. The van der Waals surface area contributed by atoms with Crippen LogP contribution in [0.2, 0.25) is 0 Å². The van der Waals surface area contributed by atoms with Gasteiger partial charge in [-0.25, -0.2) is 0 Å². The van der Waals surface area contributed by atoms with Crippen LogP contribution in [0, 0.1) is 0 Å². The Labute approximate surface area is 748 Å². The molecule has 0 amide bonds. The summed E-state index contributed by atoms with van der Waals surface area (Å²) in [6.07, 6.45) is 0. The molecule has 0 unspecified atom stereocenters. The molecule has 0 spiro atoms. The van der Waals surface area contributed by atoms with Crippen LogP contribution in [0.4, 0.5) is 0 Å². The van der Waals surface area contributed by atoms with Gasteiger partial charge in [0.1, 0.15) is 0 Å². The van der Waals surface area contributed by atoms with Gasteiger partial charge in [0.25, 0.3) is 0 Å². The number of para-hydroxylation sites is 4. The van der Waals surface area contributed by atoms with E-state index in [1.807, 2.05) is 217 Å². The van der Waals surface area contributed by atoms with Crippen LogP contribution in [0.5, 0.6) is 0 Å². The minimum atomic E-state index is 0.235. The van der Waals surface area contributed by atoms with Gasteiger partial charge in [-0.05, 0) is 40.9 Å². The van der Waals surface area contributed by atoms with Crippen LogP contribution in [0.3, 0.4) is 0 Å². The van der Waals surface area contributed by atoms with Gasteiger partial charge in [-0.1, -0.05) is 362 Å². The monoisotopic (exact) mass is 1750 g/mol. The molecule has 16 aromatic rings. The van der Waals surface area contributed by atoms with Crippen LogP contribution in [0.1, 0.15) is 194 Å². The summed E-state index contributed by atoms with van der Waals surface area (Å²) in [5.74, 6) is 0. The maximum absolute atomic E-state index is 2.61. The molecule has 14 aromatic carbocycles. The zero-order valence-corrected chi connectivity index (χ0v) is 82.8. The van der Waals surface area contributed by atoms with Gasteiger partial charge in [0.2, 0.25) is 6.71 Å². The topological polar surface area (TPSA) is 9.86 Å². The standard InChI is InChI=1S/C42H26BNS2.C42H26BNSe2.14C2H6/c2*1-3-13-27(14-4-1)30-17-11-19-32-33-20-12-18-31(28-15-5-2-6-16-28)42(33)44(41(30)32)29-25-38-40-39(26-29)46-37-24-10-8-22-35(37)43(40)34-21-7-9-23-36(34)45-38;14*1-2/h2*1-26H;14*1-2H3. The van der Waals surface area contributed by atoms with E-state index in [1.54, 1.807) is 5.46 Å². The summed E-state index contributed by atoms with van der Waals surface area (Å²) in [7, 11) is 0. The average Bonchev–Trinajstić information content (AvgIpc) is 1.49. The van der Waals surface area contributed by atoms with Crippen LogP contribution in [0.25, 0.3) is 99.5 Å². The van der Waals surface area contributed by atoms with Crippen LogP contribution in [0.15, 0.2) is 335 Å². The second-order valence-corrected chi connectivity index (χ2v) is 30.8. The van der Waals surface area contributed by atoms with Crippen molar-refractivity contribution in [2.45, 2.75) is 213 Å². The molecular formula is C112H136B2N2S2Se2. The Morgan fingerprint density at radius 1 is 0.200 bits per heavy atom. The van der Waals surface area contributed by atoms with Crippen LogP contribution < -0.4 is 50.6 Å². The Bertz CT molecular complexity index is 4990. The third-order valence-electron chi connectivity index (χ3n) is 19.0. The first-order chi connectivity index (χ1) is 59.7. The van der Waals surface area contributed by atoms with Crippen molar-refractivity contribution >= 4 is 161 Å². The molecule has 20 rings (SSSR count). The number of fused-ring (bicyclic) bond motifs is 14. The number of nitrogens with zero attached hydrogens (tertiary/aromatic N) is 2. The summed E-state index contributed by atoms with van der Waals surface area (Å²) in [6.45, 7) is 56.6. The Morgan fingerprint density at radius 2 is 0.433 bits per heavy atom. The van der Waals surface area contributed by atoms with Crippen molar-refractivity contribution in [3.8, 4) is 55.9 Å². The van der Waals surface area contributed by atoms with Gasteiger partial charge in [0.15, 0.2) is 0 Å². The number of hydrogen-bond acceptors (Lipinski definition) is 2. The molecule has 4 aliphatic rings. The molecule has 8 heteroatoms. The molecular weight excluding hydrogens is 1620 g/mol. The third kappa shape index (κ3) is 21.3. The fraction of sp³-hybridized carbons (Fsp3) is 0.250. The van der Waals surface area contributed by atoms with Crippen molar-refractivity contribution in [2.75, 3.05) is 0 Å². The second-order valence-electron chi connectivity index (χ2n) is 24.1. The van der Waals surface area contributed by atoms with Gasteiger partial charge in [-0.3, -0.25) is 0 Å². The van der Waals surface area contributed by atoms with Crippen LogP contribution in [-0.2, 0) is 0 Å². The molecule has 120 heavy (non-hydrogen) atoms. The fourth-order valence-corrected chi connectivity index (χ4v) is 23.0. The van der Waals surface area contributed by atoms with Gasteiger partial charge in [0.05, 0.1) is 11.0 Å². The van der Waals surface area contributed by atoms with E-state index < -0.39 is 0 Å². The third-order valence-corrected chi connectivity index (χ3v) is 26.2. The molecule has 0 fully saturated rings. The van der Waals surface area contributed by atoms with Gasteiger partial charge in [-0.2, -0.15) is 0 Å². The fourth-order valence-electron chi connectivity index (χ4n) is 15.2. The van der Waals surface area contributed by atoms with E-state index in [0.29, 0.717) is 6.71 Å². The Hall–Kier alpha value is -9.45. The molecule has 4 aliphatic heterocycles. The van der Waals surface area contributed by atoms with Crippen LogP contribution in [-0.4, -0.2) is 52.5 Å². The Balaban J connectivity index is 0.000000332. The van der Waals surface area contributed by atoms with Crippen molar-refractivity contribution in [2.24, 2.45) is 0 Å². The molecule has 624 valence electrons. The van der Waals surface area contributed by atoms with Gasteiger partial charge in [-0.15, -0.1) is 0 Å². The molecule has 2 aromatic heterocycles. The first-order valence-electron chi connectivity index (χ1n) is 45.4. The summed E-state index contributed by atoms with van der Waals surface area (Å²) >= 11 is 4.31. The number of hydrogen-bond donors (Lipinski definition) is 0. The normalized spacial score (nSPS) is 10.7. The number of benzene rings is 14. The zero-order chi connectivity index (χ0) is 88.4. The molecule has 0 saturated carbocycles. The summed E-state index contributed by atoms with van der Waals surface area (Å²) < 4.78 is 11.3. The molecule has 0 aliphatic carbocycles. The number of rotatable bonds is 6. The van der Waals surface area contributed by atoms with E-state index >= 15 is 0 Å². The van der Waals surface area contributed by atoms with Crippen molar-refractivity contribution in [1.82, 2.24) is 9.13 Å². The van der Waals surface area contributed by atoms with E-state index in [9.17, 15) is 0 Å². The molecule has 0 N–H and O–H groups in total. The molecule has 0 saturated heterocycles. The summed E-state index contributed by atoms with van der Waals surface area (Å²) in [6, 6.07) is 117. The van der Waals surface area contributed by atoms with Gasteiger partial charge < -0.3 is 4.57 Å². The predicted molar refractivity (Wildman–Crippen MR) is 556 cm³/mol. The maximum atomic E-state index is 2.61. The van der Waals surface area contributed by atoms with Gasteiger partial charge in [0, 0.05) is 47.2 Å². The van der Waals surface area contributed by atoms with E-state index in [0.717, 1.165) is 0 Å². The van der Waals surface area contributed by atoms with E-state index in [-0.39, 0.29) is 36.6 Å². The minimum absolute atomic E-state index is 0.235. The Kier molecular flexibility index (Phi) is 45.5. The van der Waals surface area contributed by atoms with E-state index in [2.05, 4.69) is 325 Å². The van der Waals surface area contributed by atoms with Gasteiger partial charge >= 0.3 is 283 Å². The van der Waals surface area contributed by atoms with Crippen molar-refractivity contribution in [3.63, 3.8) is 0 Å². The predicted octanol–water partition coefficient (Wildman–Crippen LogP) is 28.5. The van der Waals surface area contributed by atoms with E-state index in [4.69, 9.17) is 0 Å². The summed E-state index contributed by atoms with van der Waals surface area (Å²) in [5, 5.41) is 5.14. The summed E-state index contributed by atoms with van der Waals surface area (Å²) in [5.41, 5.74) is 26.4. The molecule has 6 heterocycles. The second kappa shape index (κ2) is 54.0. The van der Waals surface area contributed by atoms with E-state index in [1.165, 1.54) is 164 Å². The Morgan fingerprint density at radius 3 is 0.717 bits per heavy atom. The summed E-state index contributed by atoms with van der Waals surface area (Å²) in [4.78, 5) is 5.40. The van der Waals surface area contributed by atoms with Crippen molar-refractivity contribution in [3.05, 3.63) is 315 Å². The SMILES string of the molecule is CC.CC.CC.CC.CC.CC.CC.CC.CC.CC.CC.CC.CC.CC.c1ccc(-c2cccc3c4cccc(-c5ccccc5)c4n(-c4cc5c6c(c4)Sc4ccccc4B6c4ccccc4S5)c23)cc1.c1ccc(-c2cccc3c4cccc(-c5ccccc5)c4n(-c4cc5c6c(c4)[Se]c4ccccc4B6c4ccccc4[Se]5)c23)cc1. The first-order valence-corrected chi connectivity index (χ1v) is 50.5. The van der Waals surface area contributed by atoms with Crippen molar-refractivity contribution in [1.29, 1.82) is 0 Å². The molecule has 0 bridgehead atoms. The quantitative estimate of drug-likeness (QED) is 0.154. The van der Waals surface area contributed by atoms with Crippen LogP contribution >= 0.6 is 23.5 Å². The van der Waals surface area contributed by atoms with Crippen molar-refractivity contribution < 1.29 is 0 Å². The first kappa shape index (κ1) is 101.